The van der Waals surface area contributed by atoms with E-state index in [0.29, 0.717) is 11.1 Å². The van der Waals surface area contributed by atoms with Gasteiger partial charge in [-0.05, 0) is 24.3 Å². The second-order valence-electron chi connectivity index (χ2n) is 8.66. The van der Waals surface area contributed by atoms with Gasteiger partial charge < -0.3 is 19.3 Å². The number of carbonyl (C=O) groups is 2. The predicted octanol–water partition coefficient (Wildman–Crippen LogP) is 3.64. The number of rotatable bonds is 4. The highest BCUT2D eigenvalue weighted by Crippen LogP contribution is 2.42. The van der Waals surface area contributed by atoms with Gasteiger partial charge in [-0.3, -0.25) is 14.5 Å². The minimum atomic E-state index is -1.17. The van der Waals surface area contributed by atoms with Crippen LogP contribution in [0.25, 0.3) is 0 Å². The van der Waals surface area contributed by atoms with Crippen LogP contribution in [0.5, 0.6) is 0 Å². The van der Waals surface area contributed by atoms with Crippen molar-refractivity contribution in [2.24, 2.45) is 0 Å². The first-order valence-corrected chi connectivity index (χ1v) is 12.3. The summed E-state index contributed by atoms with van der Waals surface area (Å²) in [6, 6.07) is 24.7. The summed E-state index contributed by atoms with van der Waals surface area (Å²) in [4.78, 5) is 28.8. The molecule has 2 saturated heterocycles. The summed E-state index contributed by atoms with van der Waals surface area (Å²) in [6.07, 6.45) is -3.20. The SMILES string of the molecule is O=C1c2ccccc2C(=O)N1C1[C@H](Sc2ccccc2)OC2COC(c3ccccc3)O[C@H]2[C@H]1O. The Balaban J connectivity index is 1.34. The number of imide groups is 1. The Labute approximate surface area is 206 Å². The summed E-state index contributed by atoms with van der Waals surface area (Å²) in [5.41, 5.74) is 0.753. The lowest BCUT2D eigenvalue weighted by Crippen LogP contribution is -2.66. The second kappa shape index (κ2) is 9.22. The van der Waals surface area contributed by atoms with E-state index in [1.807, 2.05) is 60.7 Å². The van der Waals surface area contributed by atoms with E-state index in [-0.39, 0.29) is 6.61 Å². The fraction of sp³-hybridized carbons (Fsp3) is 0.259. The van der Waals surface area contributed by atoms with Crippen LogP contribution in [0.4, 0.5) is 0 Å². The summed E-state index contributed by atoms with van der Waals surface area (Å²) in [5.74, 6) is -0.885. The molecule has 3 heterocycles. The lowest BCUT2D eigenvalue weighted by Gasteiger charge is -2.49. The van der Waals surface area contributed by atoms with Gasteiger partial charge in [0.15, 0.2) is 6.29 Å². The van der Waals surface area contributed by atoms with Crippen LogP contribution in [-0.4, -0.2) is 58.2 Å². The Morgan fingerprint density at radius 1 is 0.800 bits per heavy atom. The van der Waals surface area contributed by atoms with Crippen molar-refractivity contribution in [3.05, 3.63) is 102 Å². The molecule has 0 radical (unpaired) electrons. The lowest BCUT2D eigenvalue weighted by atomic mass is 9.95. The van der Waals surface area contributed by atoms with Gasteiger partial charge in [0.25, 0.3) is 11.8 Å². The van der Waals surface area contributed by atoms with Crippen molar-refractivity contribution in [3.63, 3.8) is 0 Å². The summed E-state index contributed by atoms with van der Waals surface area (Å²) < 4.78 is 18.5. The molecule has 2 fully saturated rings. The van der Waals surface area contributed by atoms with Crippen LogP contribution in [0.3, 0.4) is 0 Å². The molecule has 0 aromatic heterocycles. The fourth-order valence-electron chi connectivity index (χ4n) is 4.84. The molecule has 7 nitrogen and oxygen atoms in total. The molecule has 8 heteroatoms. The topological polar surface area (TPSA) is 85.3 Å². The number of hydrogen-bond acceptors (Lipinski definition) is 7. The van der Waals surface area contributed by atoms with E-state index in [1.165, 1.54) is 11.8 Å². The van der Waals surface area contributed by atoms with Crippen molar-refractivity contribution in [1.29, 1.82) is 0 Å². The number of nitrogens with zero attached hydrogens (tertiary/aromatic N) is 1. The number of carbonyl (C=O) groups excluding carboxylic acids is 2. The maximum Gasteiger partial charge on any atom is 0.262 e. The largest absolute Gasteiger partial charge is 0.388 e. The molecule has 3 aromatic rings. The molecule has 6 rings (SSSR count). The zero-order chi connectivity index (χ0) is 23.9. The molecule has 3 aliphatic rings. The minimum absolute atomic E-state index is 0.210. The van der Waals surface area contributed by atoms with E-state index in [9.17, 15) is 14.7 Å². The van der Waals surface area contributed by atoms with Gasteiger partial charge in [0, 0.05) is 10.5 Å². The summed E-state index contributed by atoms with van der Waals surface area (Å²) >= 11 is 1.36. The average molecular weight is 490 g/mol. The normalized spacial score (nSPS) is 30.1. The Kier molecular flexibility index (Phi) is 5.91. The average Bonchev–Trinajstić information content (AvgIpc) is 3.15. The molecule has 35 heavy (non-hydrogen) atoms. The maximum absolute atomic E-state index is 13.4. The van der Waals surface area contributed by atoms with Gasteiger partial charge >= 0.3 is 0 Å². The zero-order valence-corrected chi connectivity index (χ0v) is 19.4. The van der Waals surface area contributed by atoms with E-state index in [2.05, 4.69) is 0 Å². The molecular weight excluding hydrogens is 466 g/mol. The van der Waals surface area contributed by atoms with Crippen LogP contribution in [0, 0.1) is 0 Å². The summed E-state index contributed by atoms with van der Waals surface area (Å²) in [7, 11) is 0. The number of aliphatic hydroxyl groups excluding tert-OH is 1. The van der Waals surface area contributed by atoms with E-state index in [0.717, 1.165) is 15.4 Å². The highest BCUT2D eigenvalue weighted by molar-refractivity contribution is 7.99. The van der Waals surface area contributed by atoms with Crippen LogP contribution in [0.2, 0.25) is 0 Å². The van der Waals surface area contributed by atoms with Gasteiger partial charge in [0.05, 0.1) is 17.7 Å². The second-order valence-corrected chi connectivity index (χ2v) is 9.83. The number of benzene rings is 3. The third-order valence-electron chi connectivity index (χ3n) is 6.52. The molecule has 0 saturated carbocycles. The number of aliphatic hydroxyl groups is 1. The van der Waals surface area contributed by atoms with Crippen molar-refractivity contribution in [1.82, 2.24) is 4.90 Å². The van der Waals surface area contributed by atoms with Gasteiger partial charge in [-0.1, -0.05) is 72.4 Å². The minimum Gasteiger partial charge on any atom is -0.388 e. The van der Waals surface area contributed by atoms with Gasteiger partial charge in [-0.15, -0.1) is 0 Å². The van der Waals surface area contributed by atoms with Gasteiger partial charge in [0.2, 0.25) is 0 Å². The smallest absolute Gasteiger partial charge is 0.262 e. The summed E-state index contributed by atoms with van der Waals surface area (Å²) in [5, 5.41) is 11.6. The van der Waals surface area contributed by atoms with Crippen molar-refractivity contribution in [3.8, 4) is 0 Å². The van der Waals surface area contributed by atoms with Crippen molar-refractivity contribution >= 4 is 23.6 Å². The van der Waals surface area contributed by atoms with Crippen molar-refractivity contribution in [2.45, 2.75) is 41.0 Å². The van der Waals surface area contributed by atoms with Crippen molar-refractivity contribution in [2.75, 3.05) is 6.61 Å². The van der Waals surface area contributed by atoms with E-state index >= 15 is 0 Å². The van der Waals surface area contributed by atoms with E-state index in [1.54, 1.807) is 24.3 Å². The highest BCUT2D eigenvalue weighted by Gasteiger charge is 2.55. The standard InChI is InChI=1S/C27H23NO6S/c29-22-21(28-24(30)18-13-7-8-14-19(18)25(28)31)27(35-17-11-5-2-6-12-17)33-20-15-32-26(34-23(20)22)16-9-3-1-4-10-16/h1-14,20-23,26-27,29H,15H2/t20?,21?,22-,23+,26?,27-/m0/s1. The quantitative estimate of drug-likeness (QED) is 0.560. The van der Waals surface area contributed by atoms with Crippen LogP contribution in [0.1, 0.15) is 32.6 Å². The molecule has 0 spiro atoms. The molecule has 2 amide bonds. The van der Waals surface area contributed by atoms with Crippen LogP contribution >= 0.6 is 11.8 Å². The number of hydrogen-bond donors (Lipinski definition) is 1. The highest BCUT2D eigenvalue weighted by atomic mass is 32.2. The monoisotopic (exact) mass is 489 g/mol. The van der Waals surface area contributed by atoms with Crippen molar-refractivity contribution < 1.29 is 28.9 Å². The van der Waals surface area contributed by atoms with E-state index < -0.39 is 47.9 Å². The molecular formula is C27H23NO6S. The molecule has 3 unspecified atom stereocenters. The van der Waals surface area contributed by atoms with Crippen LogP contribution in [0.15, 0.2) is 89.8 Å². The van der Waals surface area contributed by atoms with Crippen LogP contribution < -0.4 is 0 Å². The zero-order valence-electron chi connectivity index (χ0n) is 18.6. The number of amides is 2. The lowest BCUT2D eigenvalue weighted by molar-refractivity contribution is -0.310. The Morgan fingerprint density at radius 3 is 2.06 bits per heavy atom. The van der Waals surface area contributed by atoms with E-state index in [4.69, 9.17) is 14.2 Å². The maximum atomic E-state index is 13.4. The molecule has 0 bridgehead atoms. The Morgan fingerprint density at radius 2 is 1.40 bits per heavy atom. The number of ether oxygens (including phenoxy) is 3. The van der Waals surface area contributed by atoms with Gasteiger partial charge in [0.1, 0.15) is 29.8 Å². The molecule has 178 valence electrons. The first-order valence-electron chi connectivity index (χ1n) is 11.5. The Bertz CT molecular complexity index is 1200. The third-order valence-corrected chi connectivity index (χ3v) is 7.69. The van der Waals surface area contributed by atoms with Crippen LogP contribution in [-0.2, 0) is 14.2 Å². The predicted molar refractivity (Wildman–Crippen MR) is 128 cm³/mol. The van der Waals surface area contributed by atoms with Gasteiger partial charge in [-0.25, -0.2) is 0 Å². The Hall–Kier alpha value is -3.01. The number of thioether (sulfide) groups is 1. The first-order chi connectivity index (χ1) is 17.1. The molecule has 6 atom stereocenters. The number of fused-ring (bicyclic) bond motifs is 2. The third kappa shape index (κ3) is 3.97. The first kappa shape index (κ1) is 22.5. The fourth-order valence-corrected chi connectivity index (χ4v) is 6.04. The molecule has 3 aromatic carbocycles. The van der Waals surface area contributed by atoms with Gasteiger partial charge in [-0.2, -0.15) is 0 Å². The molecule has 1 N–H and O–H groups in total. The molecule has 3 aliphatic heterocycles. The summed E-state index contributed by atoms with van der Waals surface area (Å²) in [6.45, 7) is 0.210. The molecule has 0 aliphatic carbocycles.